The maximum atomic E-state index is 12.2. The van der Waals surface area contributed by atoms with E-state index >= 15 is 0 Å². The van der Waals surface area contributed by atoms with E-state index in [1.807, 2.05) is 24.0 Å². The average Bonchev–Trinajstić information content (AvgIpc) is 3.03. The van der Waals surface area contributed by atoms with Crippen molar-refractivity contribution in [2.75, 3.05) is 26.2 Å². The largest absolute Gasteiger partial charge is 0.302 e. The summed E-state index contributed by atoms with van der Waals surface area (Å²) >= 11 is 0. The zero-order valence-electron chi connectivity index (χ0n) is 13.9. The molecule has 0 saturated carbocycles. The van der Waals surface area contributed by atoms with Crippen molar-refractivity contribution in [3.63, 3.8) is 0 Å². The fourth-order valence-electron chi connectivity index (χ4n) is 3.16. The highest BCUT2D eigenvalue weighted by molar-refractivity contribution is 7.89. The Bertz CT molecular complexity index is 750. The predicted molar refractivity (Wildman–Crippen MR) is 93.3 cm³/mol. The van der Waals surface area contributed by atoms with Gasteiger partial charge in [-0.1, -0.05) is 18.2 Å². The molecule has 7 heteroatoms. The van der Waals surface area contributed by atoms with Gasteiger partial charge in [0.15, 0.2) is 0 Å². The fraction of sp³-hybridized carbons (Fsp3) is 0.471. The molecule has 3 rings (SSSR count). The number of nitrogens with one attached hydrogen (secondary N) is 1. The van der Waals surface area contributed by atoms with Crippen LogP contribution in [0.5, 0.6) is 0 Å². The third-order valence-corrected chi connectivity index (χ3v) is 6.03. The summed E-state index contributed by atoms with van der Waals surface area (Å²) in [4.78, 5) is 2.64. The molecule has 0 unspecified atom stereocenters. The highest BCUT2D eigenvalue weighted by atomic mass is 32.2. The molecule has 6 nitrogen and oxygen atoms in total. The number of rotatable bonds is 6. The molecule has 0 amide bonds. The maximum Gasteiger partial charge on any atom is 0.240 e. The van der Waals surface area contributed by atoms with Gasteiger partial charge in [-0.15, -0.1) is 0 Å². The summed E-state index contributed by atoms with van der Waals surface area (Å²) in [6.45, 7) is 3.17. The van der Waals surface area contributed by atoms with Crippen molar-refractivity contribution in [3.8, 4) is 0 Å². The van der Waals surface area contributed by atoms with Crippen molar-refractivity contribution in [3.05, 3.63) is 48.3 Å². The van der Waals surface area contributed by atoms with Crippen LogP contribution in [0.4, 0.5) is 0 Å². The predicted octanol–water partition coefficient (Wildman–Crippen LogP) is 1.58. The Kier molecular flexibility index (Phi) is 5.33. The van der Waals surface area contributed by atoms with Gasteiger partial charge in [0, 0.05) is 26.3 Å². The van der Waals surface area contributed by atoms with Crippen LogP contribution >= 0.6 is 0 Å². The standard InChI is InChI=1S/C17H24N4O2S/c1-20-14-16(13-18-20)15-7-10-21(11-8-15)12-9-19-24(22,23)17-5-3-2-4-6-17/h2-6,13-15,19H,7-12H2,1H3. The Labute approximate surface area is 143 Å². The Morgan fingerprint density at radius 2 is 1.92 bits per heavy atom. The number of nitrogens with zero attached hydrogens (tertiary/aromatic N) is 3. The summed E-state index contributed by atoms with van der Waals surface area (Å²) in [6.07, 6.45) is 6.23. The van der Waals surface area contributed by atoms with Gasteiger partial charge in [0.05, 0.1) is 11.1 Å². The summed E-state index contributed by atoms with van der Waals surface area (Å²) < 4.78 is 28.9. The van der Waals surface area contributed by atoms with Gasteiger partial charge in [-0.3, -0.25) is 4.68 Å². The number of piperidine rings is 1. The molecule has 1 fully saturated rings. The van der Waals surface area contributed by atoms with Gasteiger partial charge in [0.1, 0.15) is 0 Å². The molecule has 0 spiro atoms. The number of aryl methyl sites for hydroxylation is 1. The lowest BCUT2D eigenvalue weighted by atomic mass is 9.91. The topological polar surface area (TPSA) is 67.2 Å². The van der Waals surface area contributed by atoms with Gasteiger partial charge >= 0.3 is 0 Å². The molecule has 130 valence electrons. The lowest BCUT2D eigenvalue weighted by molar-refractivity contribution is 0.216. The molecule has 1 aromatic heterocycles. The maximum absolute atomic E-state index is 12.2. The molecule has 2 heterocycles. The SMILES string of the molecule is Cn1cc(C2CCN(CCNS(=O)(=O)c3ccccc3)CC2)cn1. The molecule has 0 bridgehead atoms. The van der Waals surface area contributed by atoms with E-state index in [-0.39, 0.29) is 0 Å². The van der Waals surface area contributed by atoms with Gasteiger partial charge < -0.3 is 4.90 Å². The minimum absolute atomic E-state index is 0.320. The van der Waals surface area contributed by atoms with Crippen molar-refractivity contribution in [1.82, 2.24) is 19.4 Å². The molecular weight excluding hydrogens is 324 g/mol. The van der Waals surface area contributed by atoms with Gasteiger partial charge in [-0.05, 0) is 49.5 Å². The first-order valence-electron chi connectivity index (χ1n) is 8.30. The van der Waals surface area contributed by atoms with Gasteiger partial charge in [-0.2, -0.15) is 5.10 Å². The Morgan fingerprint density at radius 3 is 2.54 bits per heavy atom. The second kappa shape index (κ2) is 7.46. The van der Waals surface area contributed by atoms with Crippen molar-refractivity contribution in [2.24, 2.45) is 7.05 Å². The van der Waals surface area contributed by atoms with Crippen LogP contribution in [0, 0.1) is 0 Å². The van der Waals surface area contributed by atoms with Crippen LogP contribution in [0.1, 0.15) is 24.3 Å². The van der Waals surface area contributed by atoms with Gasteiger partial charge in [0.2, 0.25) is 10.0 Å². The van der Waals surface area contributed by atoms with Crippen molar-refractivity contribution < 1.29 is 8.42 Å². The van der Waals surface area contributed by atoms with E-state index in [0.717, 1.165) is 32.5 Å². The van der Waals surface area contributed by atoms with Gasteiger partial charge in [0.25, 0.3) is 0 Å². The highest BCUT2D eigenvalue weighted by Gasteiger charge is 2.22. The zero-order chi connectivity index (χ0) is 17.0. The minimum Gasteiger partial charge on any atom is -0.302 e. The van der Waals surface area contributed by atoms with Crippen LogP contribution in [-0.2, 0) is 17.1 Å². The van der Waals surface area contributed by atoms with E-state index in [0.29, 0.717) is 17.4 Å². The fourth-order valence-corrected chi connectivity index (χ4v) is 4.20. The smallest absolute Gasteiger partial charge is 0.240 e. The number of sulfonamides is 1. The van der Waals surface area contributed by atoms with Crippen molar-refractivity contribution >= 4 is 10.0 Å². The quantitative estimate of drug-likeness (QED) is 0.861. The molecule has 0 aliphatic carbocycles. The number of likely N-dealkylation sites (tertiary alicyclic amines) is 1. The second-order valence-electron chi connectivity index (χ2n) is 6.27. The van der Waals surface area contributed by atoms with Crippen molar-refractivity contribution in [2.45, 2.75) is 23.7 Å². The molecule has 1 saturated heterocycles. The monoisotopic (exact) mass is 348 g/mol. The normalized spacial score (nSPS) is 17.2. The van der Waals surface area contributed by atoms with Crippen LogP contribution in [0.25, 0.3) is 0 Å². The summed E-state index contributed by atoms with van der Waals surface area (Å²) in [7, 11) is -1.46. The van der Waals surface area contributed by atoms with Crippen molar-refractivity contribution in [1.29, 1.82) is 0 Å². The first kappa shape index (κ1) is 17.1. The number of hydrogen-bond donors (Lipinski definition) is 1. The number of benzene rings is 1. The molecule has 24 heavy (non-hydrogen) atoms. The van der Waals surface area contributed by atoms with E-state index in [1.54, 1.807) is 24.3 Å². The first-order chi connectivity index (χ1) is 11.5. The second-order valence-corrected chi connectivity index (χ2v) is 8.04. The summed E-state index contributed by atoms with van der Waals surface area (Å²) in [5.41, 5.74) is 1.31. The molecule has 1 N–H and O–H groups in total. The molecule has 1 aliphatic heterocycles. The third kappa shape index (κ3) is 4.23. The Morgan fingerprint density at radius 1 is 1.21 bits per heavy atom. The summed E-state index contributed by atoms with van der Waals surface area (Å²) in [5.74, 6) is 0.566. The Balaban J connectivity index is 1.44. The molecular formula is C17H24N4O2S. The minimum atomic E-state index is -3.40. The average molecular weight is 348 g/mol. The Hall–Kier alpha value is -1.70. The summed E-state index contributed by atoms with van der Waals surface area (Å²) in [6, 6.07) is 8.50. The molecule has 1 aromatic carbocycles. The summed E-state index contributed by atoms with van der Waals surface area (Å²) in [5, 5.41) is 4.24. The number of aromatic nitrogens is 2. The first-order valence-corrected chi connectivity index (χ1v) is 9.78. The lowest BCUT2D eigenvalue weighted by Gasteiger charge is -2.31. The highest BCUT2D eigenvalue weighted by Crippen LogP contribution is 2.27. The van der Waals surface area contributed by atoms with Crippen LogP contribution in [0.2, 0.25) is 0 Å². The molecule has 0 radical (unpaired) electrons. The zero-order valence-corrected chi connectivity index (χ0v) is 14.7. The molecule has 1 aliphatic rings. The van der Waals surface area contributed by atoms with Crippen LogP contribution < -0.4 is 4.72 Å². The number of hydrogen-bond acceptors (Lipinski definition) is 4. The van der Waals surface area contributed by atoms with Crippen LogP contribution in [0.3, 0.4) is 0 Å². The van der Waals surface area contributed by atoms with Crippen LogP contribution in [0.15, 0.2) is 47.6 Å². The van der Waals surface area contributed by atoms with E-state index < -0.39 is 10.0 Å². The van der Waals surface area contributed by atoms with E-state index in [4.69, 9.17) is 0 Å². The van der Waals surface area contributed by atoms with E-state index in [1.165, 1.54) is 5.56 Å². The van der Waals surface area contributed by atoms with Gasteiger partial charge in [-0.25, -0.2) is 13.1 Å². The van der Waals surface area contributed by atoms with Crippen LogP contribution in [-0.4, -0.2) is 49.3 Å². The molecule has 2 aromatic rings. The van der Waals surface area contributed by atoms with E-state index in [9.17, 15) is 8.42 Å². The lowest BCUT2D eigenvalue weighted by Crippen LogP contribution is -2.39. The third-order valence-electron chi connectivity index (χ3n) is 4.56. The van der Waals surface area contributed by atoms with E-state index in [2.05, 4.69) is 20.9 Å². The molecule has 0 atom stereocenters.